The number of para-hydroxylation sites is 1. The van der Waals surface area contributed by atoms with E-state index in [4.69, 9.17) is 5.73 Å². The number of anilines is 3. The van der Waals surface area contributed by atoms with Crippen LogP contribution >= 0.6 is 11.8 Å². The number of aromatic nitrogens is 3. The van der Waals surface area contributed by atoms with Crippen molar-refractivity contribution in [2.75, 3.05) is 11.1 Å². The Hall–Kier alpha value is -2.35. The highest BCUT2D eigenvalue weighted by atomic mass is 32.2. The zero-order valence-corrected chi connectivity index (χ0v) is 16.6. The first-order chi connectivity index (χ1) is 12.1. The van der Waals surface area contributed by atoms with Crippen molar-refractivity contribution in [2.24, 2.45) is 0 Å². The van der Waals surface area contributed by atoms with Crippen LogP contribution in [0.25, 0.3) is 0 Å². The van der Waals surface area contributed by atoms with Gasteiger partial charge in [0, 0.05) is 11.2 Å². The summed E-state index contributed by atoms with van der Waals surface area (Å²) in [5.74, 6) is 1.54. The first-order valence-corrected chi connectivity index (χ1v) is 9.45. The van der Waals surface area contributed by atoms with Crippen molar-refractivity contribution in [3.63, 3.8) is 0 Å². The summed E-state index contributed by atoms with van der Waals surface area (Å²) in [6.07, 6.45) is 0. The quantitative estimate of drug-likeness (QED) is 0.713. The van der Waals surface area contributed by atoms with Crippen LogP contribution in [-0.2, 0) is 10.5 Å². The average Bonchev–Trinajstić information content (AvgIpc) is 2.52. The molecular formula is C18H26N6OS. The molecule has 0 aliphatic carbocycles. The summed E-state index contributed by atoms with van der Waals surface area (Å²) in [6.45, 7) is 9.73. The molecule has 0 radical (unpaired) electrons. The largest absolute Gasteiger partial charge is 0.368 e. The lowest BCUT2D eigenvalue weighted by atomic mass is 10.1. The molecule has 2 rings (SSSR count). The summed E-state index contributed by atoms with van der Waals surface area (Å²) < 4.78 is 0. The van der Waals surface area contributed by atoms with Gasteiger partial charge in [0.05, 0.1) is 11.0 Å². The van der Waals surface area contributed by atoms with Crippen molar-refractivity contribution < 1.29 is 4.79 Å². The second kappa shape index (κ2) is 8.35. The van der Waals surface area contributed by atoms with E-state index >= 15 is 0 Å². The molecule has 1 unspecified atom stereocenters. The van der Waals surface area contributed by atoms with Crippen molar-refractivity contribution >= 4 is 35.3 Å². The van der Waals surface area contributed by atoms with Gasteiger partial charge in [-0.15, -0.1) is 11.8 Å². The molecular weight excluding hydrogens is 348 g/mol. The molecule has 1 amide bonds. The highest BCUT2D eigenvalue weighted by Gasteiger charge is 2.20. The Balaban J connectivity index is 2.03. The van der Waals surface area contributed by atoms with E-state index in [2.05, 4.69) is 25.6 Å². The Morgan fingerprint density at radius 3 is 2.58 bits per heavy atom. The van der Waals surface area contributed by atoms with Gasteiger partial charge in [-0.2, -0.15) is 15.0 Å². The van der Waals surface area contributed by atoms with Gasteiger partial charge >= 0.3 is 0 Å². The molecule has 0 aliphatic rings. The Kier molecular flexibility index (Phi) is 6.42. The molecule has 7 nitrogen and oxygen atoms in total. The normalized spacial score (nSPS) is 12.5. The summed E-state index contributed by atoms with van der Waals surface area (Å²) in [6, 6.07) is 7.85. The van der Waals surface area contributed by atoms with Gasteiger partial charge < -0.3 is 16.4 Å². The van der Waals surface area contributed by atoms with Gasteiger partial charge in [0.2, 0.25) is 17.8 Å². The zero-order chi connectivity index (χ0) is 19.3. The number of rotatable bonds is 6. The molecule has 0 fully saturated rings. The number of carbonyl (C=O) groups excluding carboxylic acids is 1. The van der Waals surface area contributed by atoms with Crippen LogP contribution in [0, 0.1) is 6.92 Å². The Morgan fingerprint density at radius 1 is 1.23 bits per heavy atom. The first kappa shape index (κ1) is 20.0. The highest BCUT2D eigenvalue weighted by molar-refractivity contribution is 7.99. The number of amides is 1. The predicted octanol–water partition coefficient (Wildman–Crippen LogP) is 3.04. The van der Waals surface area contributed by atoms with E-state index in [-0.39, 0.29) is 22.6 Å². The van der Waals surface area contributed by atoms with Gasteiger partial charge in [-0.25, -0.2) is 0 Å². The molecule has 1 heterocycles. The lowest BCUT2D eigenvalue weighted by molar-refractivity contribution is -0.121. The van der Waals surface area contributed by atoms with Gasteiger partial charge in [-0.1, -0.05) is 18.2 Å². The standard InChI is InChI=1S/C18H26N6OS/c1-11-8-6-7-9-13(11)20-17-22-14(21-16(19)23-17)10-26-12(2)15(25)24-18(3,4)5/h6-9,12H,10H2,1-5H3,(H,24,25)(H3,19,20,21,22,23). The van der Waals surface area contributed by atoms with E-state index in [1.54, 1.807) is 0 Å². The van der Waals surface area contributed by atoms with Gasteiger partial charge in [0.15, 0.2) is 0 Å². The van der Waals surface area contributed by atoms with Crippen LogP contribution in [0.1, 0.15) is 39.1 Å². The fraction of sp³-hybridized carbons (Fsp3) is 0.444. The third-order valence-corrected chi connectivity index (χ3v) is 4.56. The number of nitrogen functional groups attached to an aromatic ring is 1. The maximum atomic E-state index is 12.2. The van der Waals surface area contributed by atoms with E-state index < -0.39 is 0 Å². The molecule has 0 saturated carbocycles. The van der Waals surface area contributed by atoms with Crippen molar-refractivity contribution in [2.45, 2.75) is 51.2 Å². The molecule has 0 spiro atoms. The van der Waals surface area contributed by atoms with Crippen LogP contribution in [0.5, 0.6) is 0 Å². The number of hydrogen-bond acceptors (Lipinski definition) is 7. The third kappa shape index (κ3) is 6.18. The summed E-state index contributed by atoms with van der Waals surface area (Å²) in [4.78, 5) is 24.9. The number of carbonyl (C=O) groups is 1. The molecule has 1 aromatic heterocycles. The Morgan fingerprint density at radius 2 is 1.92 bits per heavy atom. The molecule has 0 aliphatic heterocycles. The van der Waals surface area contributed by atoms with Crippen molar-refractivity contribution in [1.29, 1.82) is 0 Å². The molecule has 1 atom stereocenters. The van der Waals surface area contributed by atoms with Gasteiger partial charge in [-0.05, 0) is 46.2 Å². The molecule has 1 aromatic carbocycles. The predicted molar refractivity (Wildman–Crippen MR) is 107 cm³/mol. The van der Waals surface area contributed by atoms with Crippen LogP contribution in [0.2, 0.25) is 0 Å². The number of thioether (sulfide) groups is 1. The molecule has 2 aromatic rings. The van der Waals surface area contributed by atoms with Crippen molar-refractivity contribution in [1.82, 2.24) is 20.3 Å². The van der Waals surface area contributed by atoms with Crippen LogP contribution in [0.15, 0.2) is 24.3 Å². The summed E-state index contributed by atoms with van der Waals surface area (Å²) in [5.41, 5.74) is 7.54. The van der Waals surface area contributed by atoms with Crippen molar-refractivity contribution in [3.05, 3.63) is 35.7 Å². The van der Waals surface area contributed by atoms with Crippen LogP contribution < -0.4 is 16.4 Å². The van der Waals surface area contributed by atoms with Gasteiger partial charge in [-0.3, -0.25) is 4.79 Å². The fourth-order valence-corrected chi connectivity index (χ4v) is 2.88. The summed E-state index contributed by atoms with van der Waals surface area (Å²) >= 11 is 1.46. The second-order valence-corrected chi connectivity index (χ2v) is 8.39. The number of nitrogens with two attached hydrogens (primary N) is 1. The lowest BCUT2D eigenvalue weighted by Gasteiger charge is -2.22. The van der Waals surface area contributed by atoms with E-state index in [1.807, 2.05) is 58.9 Å². The fourth-order valence-electron chi connectivity index (χ4n) is 2.14. The molecule has 140 valence electrons. The van der Waals surface area contributed by atoms with Crippen LogP contribution in [0.4, 0.5) is 17.6 Å². The smallest absolute Gasteiger partial charge is 0.233 e. The van der Waals surface area contributed by atoms with E-state index in [0.29, 0.717) is 17.5 Å². The number of hydrogen-bond donors (Lipinski definition) is 3. The summed E-state index contributed by atoms with van der Waals surface area (Å²) in [7, 11) is 0. The van der Waals surface area contributed by atoms with Crippen molar-refractivity contribution in [3.8, 4) is 0 Å². The van der Waals surface area contributed by atoms with Gasteiger partial charge in [0.1, 0.15) is 5.82 Å². The number of nitrogens with one attached hydrogen (secondary N) is 2. The van der Waals surface area contributed by atoms with E-state index in [1.165, 1.54) is 11.8 Å². The van der Waals surface area contributed by atoms with Crippen LogP contribution in [0.3, 0.4) is 0 Å². The second-order valence-electron chi connectivity index (χ2n) is 7.07. The molecule has 26 heavy (non-hydrogen) atoms. The number of nitrogens with zero attached hydrogens (tertiary/aromatic N) is 3. The molecule has 8 heteroatoms. The maximum Gasteiger partial charge on any atom is 0.233 e. The monoisotopic (exact) mass is 374 g/mol. The Bertz CT molecular complexity index is 775. The highest BCUT2D eigenvalue weighted by Crippen LogP contribution is 2.20. The zero-order valence-electron chi connectivity index (χ0n) is 15.8. The summed E-state index contributed by atoms with van der Waals surface area (Å²) in [5, 5.41) is 5.91. The molecule has 4 N–H and O–H groups in total. The van der Waals surface area contributed by atoms with Crippen LogP contribution in [-0.4, -0.2) is 31.6 Å². The maximum absolute atomic E-state index is 12.2. The number of aryl methyl sites for hydroxylation is 1. The average molecular weight is 375 g/mol. The minimum Gasteiger partial charge on any atom is -0.368 e. The number of benzene rings is 1. The SMILES string of the molecule is Cc1ccccc1Nc1nc(N)nc(CSC(C)C(=O)NC(C)(C)C)n1. The molecule has 0 saturated heterocycles. The topological polar surface area (TPSA) is 106 Å². The molecule has 0 bridgehead atoms. The first-order valence-electron chi connectivity index (χ1n) is 8.41. The minimum atomic E-state index is -0.256. The third-order valence-electron chi connectivity index (χ3n) is 3.42. The minimum absolute atomic E-state index is 0.0113. The Labute approximate surface area is 158 Å². The lowest BCUT2D eigenvalue weighted by Crippen LogP contribution is -2.44. The van der Waals surface area contributed by atoms with E-state index in [0.717, 1.165) is 11.3 Å². The van der Waals surface area contributed by atoms with E-state index in [9.17, 15) is 4.79 Å². The van der Waals surface area contributed by atoms with Gasteiger partial charge in [0.25, 0.3) is 0 Å².